The van der Waals surface area contributed by atoms with Crippen LogP contribution in [0.3, 0.4) is 0 Å². The lowest BCUT2D eigenvalue weighted by atomic mass is 10.3. The molecule has 0 atom stereocenters. The zero-order valence-corrected chi connectivity index (χ0v) is 5.21. The molecule has 1 heterocycles. The van der Waals surface area contributed by atoms with Crippen molar-refractivity contribution in [3.63, 3.8) is 0 Å². The number of aromatic nitrogens is 1. The van der Waals surface area contributed by atoms with Crippen molar-refractivity contribution >= 4 is 0 Å². The van der Waals surface area contributed by atoms with Gasteiger partial charge in [-0.25, -0.2) is 4.98 Å². The molecule has 0 bridgehead atoms. The molecular weight excluding hydrogens is 116 g/mol. The van der Waals surface area contributed by atoms with Crippen LogP contribution in [-0.2, 0) is 6.42 Å². The minimum absolute atomic E-state index is 0.697. The van der Waals surface area contributed by atoms with E-state index in [0.717, 1.165) is 18.7 Å². The molecule has 0 spiro atoms. The van der Waals surface area contributed by atoms with Gasteiger partial charge >= 0.3 is 0 Å². The summed E-state index contributed by atoms with van der Waals surface area (Å²) in [4.78, 5) is 3.93. The van der Waals surface area contributed by atoms with Crippen molar-refractivity contribution in [2.75, 3.05) is 6.54 Å². The molecule has 0 aliphatic carbocycles. The molecule has 0 unspecified atom stereocenters. The smallest absolute Gasteiger partial charge is 0.193 e. The molecule has 0 aromatic carbocycles. The van der Waals surface area contributed by atoms with Crippen LogP contribution in [0.25, 0.3) is 0 Å². The third kappa shape index (κ3) is 1.85. The van der Waals surface area contributed by atoms with Gasteiger partial charge in [0.15, 0.2) is 5.89 Å². The summed E-state index contributed by atoms with van der Waals surface area (Å²) in [6.45, 7) is 0.697. The summed E-state index contributed by atoms with van der Waals surface area (Å²) >= 11 is 0. The maximum atomic E-state index is 5.28. The van der Waals surface area contributed by atoms with Crippen molar-refractivity contribution in [3.8, 4) is 0 Å². The summed E-state index contributed by atoms with van der Waals surface area (Å²) in [5, 5.41) is 0. The minimum Gasteiger partial charge on any atom is -0.449 e. The summed E-state index contributed by atoms with van der Waals surface area (Å²) in [5.74, 6) is 0.778. The lowest BCUT2D eigenvalue weighted by Crippen LogP contribution is -2.00. The maximum absolute atomic E-state index is 5.28. The summed E-state index contributed by atoms with van der Waals surface area (Å²) in [7, 11) is 0. The Morgan fingerprint density at radius 3 is 3.11 bits per heavy atom. The second-order valence-electron chi connectivity index (χ2n) is 1.82. The topological polar surface area (TPSA) is 52.0 Å². The Labute approximate surface area is 53.9 Å². The first-order chi connectivity index (χ1) is 4.43. The van der Waals surface area contributed by atoms with Crippen molar-refractivity contribution in [3.05, 3.63) is 18.4 Å². The molecule has 9 heavy (non-hydrogen) atoms. The largest absolute Gasteiger partial charge is 0.449 e. The molecule has 0 saturated heterocycles. The summed E-state index contributed by atoms with van der Waals surface area (Å²) in [5.41, 5.74) is 5.28. The first-order valence-corrected chi connectivity index (χ1v) is 3.02. The van der Waals surface area contributed by atoms with Crippen molar-refractivity contribution in [2.45, 2.75) is 12.8 Å². The number of nitrogens with two attached hydrogens (primary N) is 1. The quantitative estimate of drug-likeness (QED) is 0.644. The summed E-state index contributed by atoms with van der Waals surface area (Å²) in [6.07, 6.45) is 5.02. The van der Waals surface area contributed by atoms with Crippen LogP contribution >= 0.6 is 0 Å². The molecule has 0 radical (unpaired) electrons. The fourth-order valence-electron chi connectivity index (χ4n) is 0.630. The zero-order valence-electron chi connectivity index (χ0n) is 5.21. The van der Waals surface area contributed by atoms with E-state index in [9.17, 15) is 0 Å². The van der Waals surface area contributed by atoms with E-state index in [-0.39, 0.29) is 0 Å². The number of nitrogens with zero attached hydrogens (tertiary/aromatic N) is 1. The molecule has 1 aromatic rings. The molecule has 3 heteroatoms. The number of hydrogen-bond donors (Lipinski definition) is 1. The van der Waals surface area contributed by atoms with E-state index in [1.165, 1.54) is 0 Å². The fourth-order valence-corrected chi connectivity index (χ4v) is 0.630. The first kappa shape index (κ1) is 6.29. The highest BCUT2D eigenvalue weighted by atomic mass is 16.3. The van der Waals surface area contributed by atoms with E-state index in [4.69, 9.17) is 10.2 Å². The van der Waals surface area contributed by atoms with Gasteiger partial charge in [-0.15, -0.1) is 0 Å². The lowest BCUT2D eigenvalue weighted by Gasteiger charge is -1.88. The highest BCUT2D eigenvalue weighted by molar-refractivity contribution is 4.79. The van der Waals surface area contributed by atoms with Crippen LogP contribution in [0.15, 0.2) is 16.9 Å². The number of oxazole rings is 1. The number of hydrogen-bond acceptors (Lipinski definition) is 3. The predicted molar refractivity (Wildman–Crippen MR) is 33.9 cm³/mol. The standard InChI is InChI=1S/C6H10N2O/c7-3-1-2-6-8-4-5-9-6/h4-5H,1-3,7H2. The van der Waals surface area contributed by atoms with Crippen LogP contribution in [0.5, 0.6) is 0 Å². The van der Waals surface area contributed by atoms with Gasteiger partial charge in [-0.2, -0.15) is 0 Å². The predicted octanol–water partition coefficient (Wildman–Crippen LogP) is 0.566. The average molecular weight is 126 g/mol. The van der Waals surface area contributed by atoms with E-state index in [1.807, 2.05) is 0 Å². The number of rotatable bonds is 3. The average Bonchev–Trinajstić information content (AvgIpc) is 2.34. The first-order valence-electron chi connectivity index (χ1n) is 3.02. The van der Waals surface area contributed by atoms with Crippen molar-refractivity contribution in [1.29, 1.82) is 0 Å². The van der Waals surface area contributed by atoms with E-state index < -0.39 is 0 Å². The third-order valence-electron chi connectivity index (χ3n) is 1.08. The van der Waals surface area contributed by atoms with Gasteiger partial charge in [-0.3, -0.25) is 0 Å². The lowest BCUT2D eigenvalue weighted by molar-refractivity contribution is 0.488. The van der Waals surface area contributed by atoms with Crippen molar-refractivity contribution < 1.29 is 4.42 Å². The van der Waals surface area contributed by atoms with Crippen LogP contribution < -0.4 is 5.73 Å². The van der Waals surface area contributed by atoms with Crippen LogP contribution in [0.4, 0.5) is 0 Å². The minimum atomic E-state index is 0.697. The van der Waals surface area contributed by atoms with Gasteiger partial charge in [-0.05, 0) is 13.0 Å². The third-order valence-corrected chi connectivity index (χ3v) is 1.08. The Morgan fingerprint density at radius 2 is 2.56 bits per heavy atom. The van der Waals surface area contributed by atoms with Gasteiger partial charge < -0.3 is 10.2 Å². The van der Waals surface area contributed by atoms with Gasteiger partial charge in [0.25, 0.3) is 0 Å². The second-order valence-corrected chi connectivity index (χ2v) is 1.82. The number of aryl methyl sites for hydroxylation is 1. The second kappa shape index (κ2) is 3.25. The van der Waals surface area contributed by atoms with E-state index in [2.05, 4.69) is 4.98 Å². The van der Waals surface area contributed by atoms with Crippen LogP contribution in [-0.4, -0.2) is 11.5 Å². The molecule has 3 nitrogen and oxygen atoms in total. The molecule has 0 aliphatic heterocycles. The Morgan fingerprint density at radius 1 is 1.67 bits per heavy atom. The SMILES string of the molecule is NCCCc1ncco1. The van der Waals surface area contributed by atoms with Crippen LogP contribution in [0.2, 0.25) is 0 Å². The monoisotopic (exact) mass is 126 g/mol. The van der Waals surface area contributed by atoms with Gasteiger partial charge in [-0.1, -0.05) is 0 Å². The van der Waals surface area contributed by atoms with E-state index in [1.54, 1.807) is 12.5 Å². The van der Waals surface area contributed by atoms with Crippen LogP contribution in [0, 0.1) is 0 Å². The summed E-state index contributed by atoms with van der Waals surface area (Å²) < 4.78 is 4.97. The van der Waals surface area contributed by atoms with Gasteiger partial charge in [0.1, 0.15) is 6.26 Å². The van der Waals surface area contributed by atoms with E-state index >= 15 is 0 Å². The highest BCUT2D eigenvalue weighted by Gasteiger charge is 1.93. The Bertz CT molecular complexity index is 148. The molecule has 0 saturated carbocycles. The Kier molecular flexibility index (Phi) is 2.27. The normalized spacial score (nSPS) is 9.89. The Balaban J connectivity index is 2.30. The van der Waals surface area contributed by atoms with E-state index in [0.29, 0.717) is 6.54 Å². The van der Waals surface area contributed by atoms with Crippen LogP contribution in [0.1, 0.15) is 12.3 Å². The molecule has 0 amide bonds. The van der Waals surface area contributed by atoms with Crippen molar-refractivity contribution in [1.82, 2.24) is 4.98 Å². The molecular formula is C6H10N2O. The van der Waals surface area contributed by atoms with Gasteiger partial charge in [0.05, 0.1) is 6.20 Å². The van der Waals surface area contributed by atoms with Gasteiger partial charge in [0.2, 0.25) is 0 Å². The molecule has 50 valence electrons. The van der Waals surface area contributed by atoms with Crippen molar-refractivity contribution in [2.24, 2.45) is 5.73 Å². The molecule has 2 N–H and O–H groups in total. The molecule has 1 aromatic heterocycles. The maximum Gasteiger partial charge on any atom is 0.193 e. The zero-order chi connectivity index (χ0) is 6.53. The molecule has 1 rings (SSSR count). The molecule has 0 aliphatic rings. The summed E-state index contributed by atoms with van der Waals surface area (Å²) in [6, 6.07) is 0. The Hall–Kier alpha value is -0.830. The van der Waals surface area contributed by atoms with Gasteiger partial charge in [0, 0.05) is 6.42 Å². The fraction of sp³-hybridized carbons (Fsp3) is 0.500. The molecule has 0 fully saturated rings. The highest BCUT2D eigenvalue weighted by Crippen LogP contribution is 1.96.